The number of rotatable bonds is 6. The predicted molar refractivity (Wildman–Crippen MR) is 247 cm³/mol. The number of likely N-dealkylation sites (tertiary alicyclic amines) is 1. The maximum Gasteiger partial charge on any atom is 0.410 e. The number of nitrogens with one attached hydrogen (secondary N) is 5. The van der Waals surface area contributed by atoms with E-state index >= 15 is 0 Å². The zero-order valence-electron chi connectivity index (χ0n) is 37.9. The number of anilines is 1. The van der Waals surface area contributed by atoms with Crippen molar-refractivity contribution in [3.8, 4) is 12.1 Å². The third-order valence-corrected chi connectivity index (χ3v) is 12.6. The summed E-state index contributed by atoms with van der Waals surface area (Å²) in [6.07, 6.45) is 12.8. The van der Waals surface area contributed by atoms with Gasteiger partial charge < -0.3 is 51.4 Å². The van der Waals surface area contributed by atoms with E-state index in [4.69, 9.17) is 71.0 Å². The van der Waals surface area contributed by atoms with E-state index in [2.05, 4.69) is 42.4 Å². The van der Waals surface area contributed by atoms with Crippen LogP contribution in [-0.4, -0.2) is 123 Å². The Labute approximate surface area is 403 Å². The molecule has 7 rings (SSSR count). The average Bonchev–Trinajstić information content (AvgIpc) is 4.05. The standard InChI is InChI=1S/C16H22ClN5O4.C12H19N3O2.C10H17N3O2.C4H2Cl2N2O/c17-12-11(8-19-21-13(12)23)22-7-6-16(9-22,14(18)24)20-15(25)26-10-4-2-1-3-5-10;13-8-12(6-7-14-9-12)15-11(16)17-10-4-2-1-3-5-10;1-9(2,3)15-8(14)13-5-4-10(12,6-11)7-13;5-2-1-7-8-4(9)3(2)6/h8,10H,1-7,9H2,(H2,18,24)(H,20,25)(H,21,23);10,14H,1-7,9H2,(H,15,16);4-5,7,12H2,1-3H3;1H,(H,8,9). The maximum absolute atomic E-state index is 12.3. The van der Waals surface area contributed by atoms with Gasteiger partial charge in [0.2, 0.25) is 5.91 Å². The van der Waals surface area contributed by atoms with E-state index in [0.717, 1.165) is 64.3 Å². The first-order valence-electron chi connectivity index (χ1n) is 22.1. The van der Waals surface area contributed by atoms with Crippen LogP contribution < -0.4 is 43.4 Å². The molecule has 2 saturated carbocycles. The number of halogens is 3. The fourth-order valence-electron chi connectivity index (χ4n) is 7.78. The third kappa shape index (κ3) is 16.4. The van der Waals surface area contributed by atoms with Crippen molar-refractivity contribution < 1.29 is 33.4 Å². The van der Waals surface area contributed by atoms with E-state index in [0.29, 0.717) is 38.2 Å². The van der Waals surface area contributed by atoms with Crippen LogP contribution in [0, 0.1) is 22.7 Å². The molecule has 368 valence electrons. The highest BCUT2D eigenvalue weighted by Gasteiger charge is 2.46. The lowest BCUT2D eigenvalue weighted by Crippen LogP contribution is -2.59. The lowest BCUT2D eigenvalue weighted by molar-refractivity contribution is -0.123. The third-order valence-electron chi connectivity index (χ3n) is 11.5. The van der Waals surface area contributed by atoms with Gasteiger partial charge in [-0.15, -0.1) is 0 Å². The van der Waals surface area contributed by atoms with Crippen LogP contribution in [0.25, 0.3) is 0 Å². The fraction of sp³-hybridized carbons (Fsp3) is 0.667. The molecular weight excluding hydrogens is 937 g/mol. The molecule has 4 amide bonds. The normalized spacial score (nSPS) is 23.8. The summed E-state index contributed by atoms with van der Waals surface area (Å²) in [4.78, 5) is 73.0. The van der Waals surface area contributed by atoms with Gasteiger partial charge in [-0.1, -0.05) is 47.6 Å². The number of carbonyl (C=O) groups is 4. The Balaban J connectivity index is 0.000000208. The summed E-state index contributed by atoms with van der Waals surface area (Å²) < 4.78 is 16.0. The van der Waals surface area contributed by atoms with Crippen LogP contribution in [0.4, 0.5) is 20.1 Å². The van der Waals surface area contributed by atoms with Gasteiger partial charge in [0.1, 0.15) is 44.5 Å². The summed E-state index contributed by atoms with van der Waals surface area (Å²) in [5.74, 6) is -0.658. The lowest BCUT2D eigenvalue weighted by Gasteiger charge is -2.29. The molecular formula is C42H60Cl3N13O9. The van der Waals surface area contributed by atoms with Crippen LogP contribution >= 0.6 is 34.8 Å². The molecule has 2 aliphatic carbocycles. The molecule has 2 aromatic rings. The van der Waals surface area contributed by atoms with Gasteiger partial charge in [0.15, 0.2) is 0 Å². The monoisotopic (exact) mass is 995 g/mol. The number of H-pyrrole nitrogens is 2. The van der Waals surface area contributed by atoms with E-state index in [1.54, 1.807) is 25.7 Å². The second kappa shape index (κ2) is 24.6. The molecule has 3 aliphatic heterocycles. The van der Waals surface area contributed by atoms with E-state index in [1.807, 2.05) is 6.07 Å². The molecule has 5 heterocycles. The number of aromatic nitrogens is 4. The second-order valence-electron chi connectivity index (χ2n) is 18.0. The number of nitriles is 2. The van der Waals surface area contributed by atoms with E-state index in [9.17, 15) is 28.8 Å². The van der Waals surface area contributed by atoms with Crippen molar-refractivity contribution in [1.29, 1.82) is 10.5 Å². The van der Waals surface area contributed by atoms with Crippen molar-refractivity contribution in [3.63, 3.8) is 0 Å². The zero-order chi connectivity index (χ0) is 49.4. The van der Waals surface area contributed by atoms with Crippen molar-refractivity contribution >= 4 is 64.7 Å². The summed E-state index contributed by atoms with van der Waals surface area (Å²) in [6.45, 7) is 7.89. The Morgan fingerprint density at radius 1 is 0.806 bits per heavy atom. The number of carbonyl (C=O) groups excluding carboxylic acids is 4. The number of hydrogen-bond acceptors (Lipinski definition) is 16. The van der Waals surface area contributed by atoms with Crippen molar-refractivity contribution in [1.82, 2.24) is 41.2 Å². The van der Waals surface area contributed by atoms with Crippen LogP contribution in [-0.2, 0) is 19.0 Å². The van der Waals surface area contributed by atoms with E-state index in [-0.39, 0.29) is 46.8 Å². The number of nitrogens with zero attached hydrogens (tertiary/aromatic N) is 6. The molecule has 0 radical (unpaired) electrons. The summed E-state index contributed by atoms with van der Waals surface area (Å²) in [7, 11) is 0. The van der Waals surface area contributed by atoms with Crippen LogP contribution in [0.5, 0.6) is 0 Å². The minimum atomic E-state index is -1.28. The molecule has 25 heteroatoms. The van der Waals surface area contributed by atoms with Gasteiger partial charge in [-0.25, -0.2) is 24.6 Å². The van der Waals surface area contributed by atoms with Gasteiger partial charge in [0, 0.05) is 19.6 Å². The fourth-order valence-corrected chi connectivity index (χ4v) is 8.22. The minimum absolute atomic E-state index is 0.0216. The first-order chi connectivity index (χ1) is 31.6. The molecule has 9 N–H and O–H groups in total. The maximum atomic E-state index is 12.3. The van der Waals surface area contributed by atoms with Crippen LogP contribution in [0.3, 0.4) is 0 Å². The highest BCUT2D eigenvalue weighted by molar-refractivity contribution is 6.41. The highest BCUT2D eigenvalue weighted by Crippen LogP contribution is 2.30. The molecule has 0 spiro atoms. The first-order valence-corrected chi connectivity index (χ1v) is 23.2. The number of amides is 4. The summed E-state index contributed by atoms with van der Waals surface area (Å²) >= 11 is 16.8. The highest BCUT2D eigenvalue weighted by atomic mass is 35.5. The van der Waals surface area contributed by atoms with E-state index in [1.165, 1.54) is 23.7 Å². The summed E-state index contributed by atoms with van der Waals surface area (Å²) in [6, 6.07) is 4.19. The van der Waals surface area contributed by atoms with Crippen LogP contribution in [0.2, 0.25) is 15.1 Å². The quantitative estimate of drug-likeness (QED) is 0.200. The molecule has 22 nitrogen and oxygen atoms in total. The number of hydrogen-bond donors (Lipinski definition) is 7. The Hall–Kier alpha value is -5.39. The van der Waals surface area contributed by atoms with Gasteiger partial charge in [-0.2, -0.15) is 20.7 Å². The van der Waals surface area contributed by atoms with Gasteiger partial charge in [0.05, 0.1) is 48.3 Å². The molecule has 67 heavy (non-hydrogen) atoms. The Morgan fingerprint density at radius 3 is 1.85 bits per heavy atom. The second-order valence-corrected chi connectivity index (χ2v) is 19.2. The minimum Gasteiger partial charge on any atom is -0.446 e. The number of aromatic amines is 2. The smallest absolute Gasteiger partial charge is 0.410 e. The number of primary amides is 1. The molecule has 0 aromatic carbocycles. The van der Waals surface area contributed by atoms with Crippen molar-refractivity contribution in [2.24, 2.45) is 11.5 Å². The summed E-state index contributed by atoms with van der Waals surface area (Å²) in [5.41, 5.74) is 7.24. The van der Waals surface area contributed by atoms with Gasteiger partial charge in [-0.05, 0) is 97.9 Å². The van der Waals surface area contributed by atoms with Crippen LogP contribution in [0.15, 0.2) is 22.0 Å². The molecule has 0 bridgehead atoms. The molecule has 3 atom stereocenters. The Kier molecular flexibility index (Phi) is 19.9. The number of nitrogens with two attached hydrogens (primary N) is 2. The molecule has 2 aromatic heterocycles. The topological polar surface area (TPSA) is 330 Å². The molecule has 3 saturated heterocycles. The zero-order valence-corrected chi connectivity index (χ0v) is 40.2. The van der Waals surface area contributed by atoms with E-state index < -0.39 is 57.5 Å². The number of alkyl carbamates (subject to hydrolysis) is 2. The Bertz CT molecular complexity index is 2230. The van der Waals surface area contributed by atoms with Crippen molar-refractivity contribution in [2.45, 2.75) is 139 Å². The lowest BCUT2D eigenvalue weighted by atomic mass is 9.97. The molecule has 3 unspecified atom stereocenters. The summed E-state index contributed by atoms with van der Waals surface area (Å²) in [5, 5.41) is 37.9. The average molecular weight is 997 g/mol. The van der Waals surface area contributed by atoms with Gasteiger partial charge >= 0.3 is 18.3 Å². The first kappa shape index (κ1) is 54.2. The molecule has 5 aliphatic rings. The molecule has 5 fully saturated rings. The number of ether oxygens (including phenoxy) is 3. The SMILES string of the molecule is CC(C)(C)OC(=O)N1CCC(N)(C#N)C1.N#CC1(NC(=O)OC2CCCCC2)CCNC1.NC(=O)C1(NC(=O)OC2CCCCC2)CCN(c2cn[nH]c(=O)c2Cl)C1.O=c1[nH]ncc(Cl)c1Cl. The van der Waals surface area contributed by atoms with Gasteiger partial charge in [0.25, 0.3) is 11.1 Å². The predicted octanol–water partition coefficient (Wildman–Crippen LogP) is 4.14. The Morgan fingerprint density at radius 2 is 1.37 bits per heavy atom. The van der Waals surface area contributed by atoms with Crippen LogP contribution in [0.1, 0.15) is 104 Å². The largest absolute Gasteiger partial charge is 0.446 e. The van der Waals surface area contributed by atoms with Crippen molar-refractivity contribution in [3.05, 3.63) is 48.2 Å². The van der Waals surface area contributed by atoms with Crippen molar-refractivity contribution in [2.75, 3.05) is 44.2 Å². The van der Waals surface area contributed by atoms with Gasteiger partial charge in [-0.3, -0.25) is 14.4 Å².